The average molecular weight is 582 g/mol. The van der Waals surface area contributed by atoms with E-state index in [1.807, 2.05) is 0 Å². The first kappa shape index (κ1) is 31.8. The lowest BCUT2D eigenvalue weighted by molar-refractivity contribution is -0.373. The number of ether oxygens (including phenoxy) is 5. The normalized spacial score (nSPS) is 51.6. The van der Waals surface area contributed by atoms with Crippen LogP contribution in [0, 0.1) is 0 Å². The number of aliphatic hydroxyl groups is 6. The van der Waals surface area contributed by atoms with Gasteiger partial charge in [-0.25, -0.2) is 0 Å². The zero-order valence-electron chi connectivity index (χ0n) is 22.3. The standard InChI is InChI=1S/C23H43N5O12/c1-6(30)28-12-11(5-29)37-23(18(35)15(12)32)40-22-13(27-2)16(33)20-10(36-22)4-9(26)21(39-20)38-19-8(25)3-7(24)14(31)17(19)34/h7-23,27,29,31-35H,3-5,24-26H2,1-2H3,(H,28,30)/t7-,8+,9-,10?,11-,12-,13+,14+,15+,16-,17-,18-,19?,20+,21+,22-,23-/m1/s1. The Morgan fingerprint density at radius 2 is 1.50 bits per heavy atom. The molecule has 4 aliphatic rings. The largest absolute Gasteiger partial charge is 0.394 e. The van der Waals surface area contributed by atoms with Crippen molar-refractivity contribution in [3.05, 3.63) is 0 Å². The third-order valence-corrected chi connectivity index (χ3v) is 8.06. The van der Waals surface area contributed by atoms with Gasteiger partial charge in [0.25, 0.3) is 0 Å². The molecule has 0 aromatic heterocycles. The van der Waals surface area contributed by atoms with Crippen molar-refractivity contribution in [2.24, 2.45) is 17.2 Å². The topological polar surface area (TPSA) is 287 Å². The summed E-state index contributed by atoms with van der Waals surface area (Å²) in [7, 11) is 1.54. The molecule has 4 fully saturated rings. The average Bonchev–Trinajstić information content (AvgIpc) is 2.90. The monoisotopic (exact) mass is 581 g/mol. The van der Waals surface area contributed by atoms with Gasteiger partial charge in [-0.05, 0) is 19.9 Å². The van der Waals surface area contributed by atoms with Crippen molar-refractivity contribution in [3.63, 3.8) is 0 Å². The van der Waals surface area contributed by atoms with Crippen molar-refractivity contribution < 1.29 is 59.1 Å². The molecule has 40 heavy (non-hydrogen) atoms. The number of carbonyl (C=O) groups excluding carboxylic acids is 1. The van der Waals surface area contributed by atoms with E-state index in [9.17, 15) is 35.4 Å². The maximum atomic E-state index is 11.5. The maximum Gasteiger partial charge on any atom is 0.217 e. The van der Waals surface area contributed by atoms with Gasteiger partial charge in [-0.2, -0.15) is 0 Å². The summed E-state index contributed by atoms with van der Waals surface area (Å²) in [6, 6.07) is -4.21. The molecular weight excluding hydrogens is 538 g/mol. The molecule has 2 unspecified atom stereocenters. The second kappa shape index (κ2) is 13.0. The molecular formula is C23H43N5O12. The van der Waals surface area contributed by atoms with E-state index in [0.717, 1.165) is 0 Å². The lowest BCUT2D eigenvalue weighted by Gasteiger charge is -2.51. The van der Waals surface area contributed by atoms with E-state index in [-0.39, 0.29) is 12.8 Å². The highest BCUT2D eigenvalue weighted by atomic mass is 16.8. The molecule has 17 atom stereocenters. The van der Waals surface area contributed by atoms with Crippen LogP contribution in [0.15, 0.2) is 0 Å². The van der Waals surface area contributed by atoms with Gasteiger partial charge in [0.15, 0.2) is 18.9 Å². The quantitative estimate of drug-likeness (QED) is 0.133. The third-order valence-electron chi connectivity index (χ3n) is 8.06. The summed E-state index contributed by atoms with van der Waals surface area (Å²) >= 11 is 0. The molecule has 0 aromatic rings. The minimum Gasteiger partial charge on any atom is -0.394 e. The van der Waals surface area contributed by atoms with Gasteiger partial charge in [-0.15, -0.1) is 0 Å². The fraction of sp³-hybridized carbons (Fsp3) is 0.957. The Morgan fingerprint density at radius 1 is 0.800 bits per heavy atom. The molecule has 1 aliphatic carbocycles. The molecule has 3 saturated heterocycles. The summed E-state index contributed by atoms with van der Waals surface area (Å²) < 4.78 is 29.4. The van der Waals surface area contributed by atoms with Crippen LogP contribution >= 0.6 is 0 Å². The summed E-state index contributed by atoms with van der Waals surface area (Å²) in [5.74, 6) is -0.492. The van der Waals surface area contributed by atoms with Gasteiger partial charge in [0.2, 0.25) is 5.91 Å². The number of aliphatic hydroxyl groups excluding tert-OH is 6. The first-order chi connectivity index (χ1) is 18.9. The van der Waals surface area contributed by atoms with E-state index < -0.39 is 117 Å². The van der Waals surface area contributed by atoms with Crippen LogP contribution in [-0.2, 0) is 28.5 Å². The molecule has 1 saturated carbocycles. The summed E-state index contributed by atoms with van der Waals surface area (Å²) in [6.07, 6.45) is -14.4. The Bertz CT molecular complexity index is 859. The van der Waals surface area contributed by atoms with Crippen molar-refractivity contribution in [1.29, 1.82) is 0 Å². The Balaban J connectivity index is 1.43. The minimum absolute atomic E-state index is 0.128. The third kappa shape index (κ3) is 6.29. The lowest BCUT2D eigenvalue weighted by atomic mass is 9.84. The number of hydrogen-bond donors (Lipinski definition) is 11. The predicted molar refractivity (Wildman–Crippen MR) is 133 cm³/mol. The van der Waals surface area contributed by atoms with Crippen LogP contribution < -0.4 is 27.8 Å². The molecule has 232 valence electrons. The summed E-state index contributed by atoms with van der Waals surface area (Å²) in [4.78, 5) is 11.5. The van der Waals surface area contributed by atoms with Crippen LogP contribution in [0.4, 0.5) is 0 Å². The first-order valence-electron chi connectivity index (χ1n) is 13.4. The molecule has 0 spiro atoms. The van der Waals surface area contributed by atoms with Crippen LogP contribution in [0.1, 0.15) is 19.8 Å². The molecule has 0 radical (unpaired) electrons. The fourth-order valence-electron chi connectivity index (χ4n) is 5.84. The Hall–Kier alpha value is -1.13. The maximum absolute atomic E-state index is 11.5. The van der Waals surface area contributed by atoms with E-state index in [0.29, 0.717) is 0 Å². The van der Waals surface area contributed by atoms with E-state index in [1.54, 1.807) is 0 Å². The Labute approximate surface area is 230 Å². The smallest absolute Gasteiger partial charge is 0.217 e. The van der Waals surface area contributed by atoms with Gasteiger partial charge < -0.3 is 82.2 Å². The van der Waals surface area contributed by atoms with Crippen LogP contribution in [0.5, 0.6) is 0 Å². The van der Waals surface area contributed by atoms with Crippen molar-refractivity contribution in [2.75, 3.05) is 13.7 Å². The first-order valence-corrected chi connectivity index (χ1v) is 13.4. The zero-order chi connectivity index (χ0) is 29.5. The van der Waals surface area contributed by atoms with Crippen molar-refractivity contribution >= 4 is 5.91 Å². The van der Waals surface area contributed by atoms with E-state index in [1.165, 1.54) is 14.0 Å². The van der Waals surface area contributed by atoms with Gasteiger partial charge in [0, 0.05) is 19.0 Å². The van der Waals surface area contributed by atoms with E-state index >= 15 is 0 Å². The molecule has 3 aliphatic heterocycles. The Kier molecular flexibility index (Phi) is 10.4. The zero-order valence-corrected chi connectivity index (χ0v) is 22.3. The SMILES string of the molecule is CN[C@@H]1[C@@H](O[C@H]2O[C@H](CO)[C@@H](NC(C)=O)[C@H](O)[C@H]2O)OC2C[C@@H](N)[C@@H](OC3[C@@H](N)C[C@@H](N)[C@H](O)[C@H]3O)O[C@@H]2[C@@H]1O. The number of likely N-dealkylation sites (N-methyl/N-ethyl adjacent to an activating group) is 1. The predicted octanol–water partition coefficient (Wildman–Crippen LogP) is -6.77. The van der Waals surface area contributed by atoms with Crippen LogP contribution in [-0.4, -0.2) is 154 Å². The molecule has 0 aromatic carbocycles. The number of amides is 1. The number of carbonyl (C=O) groups is 1. The van der Waals surface area contributed by atoms with Crippen molar-refractivity contribution in [3.8, 4) is 0 Å². The second-order valence-electron chi connectivity index (χ2n) is 10.9. The molecule has 17 heteroatoms. The molecule has 1 amide bonds. The van der Waals surface area contributed by atoms with Crippen LogP contribution in [0.3, 0.4) is 0 Å². The molecule has 17 nitrogen and oxygen atoms in total. The fourth-order valence-corrected chi connectivity index (χ4v) is 5.84. The molecule has 4 rings (SSSR count). The number of rotatable bonds is 7. The number of nitrogens with one attached hydrogen (secondary N) is 2. The summed E-state index contributed by atoms with van der Waals surface area (Å²) in [5.41, 5.74) is 18.2. The molecule has 0 bridgehead atoms. The number of fused-ring (bicyclic) bond motifs is 1. The van der Waals surface area contributed by atoms with Gasteiger partial charge >= 0.3 is 0 Å². The van der Waals surface area contributed by atoms with E-state index in [4.69, 9.17) is 40.9 Å². The second-order valence-corrected chi connectivity index (χ2v) is 10.9. The summed E-state index contributed by atoms with van der Waals surface area (Å²) in [5, 5.41) is 68.1. The Morgan fingerprint density at radius 3 is 2.12 bits per heavy atom. The van der Waals surface area contributed by atoms with Crippen LogP contribution in [0.25, 0.3) is 0 Å². The lowest BCUT2D eigenvalue weighted by Crippen LogP contribution is -2.70. The number of hydrogen-bond acceptors (Lipinski definition) is 16. The summed E-state index contributed by atoms with van der Waals surface area (Å²) in [6.45, 7) is 0.633. The molecule has 14 N–H and O–H groups in total. The van der Waals surface area contributed by atoms with Gasteiger partial charge in [0.1, 0.15) is 42.7 Å². The van der Waals surface area contributed by atoms with Crippen molar-refractivity contribution in [2.45, 2.75) is 124 Å². The van der Waals surface area contributed by atoms with E-state index in [2.05, 4.69) is 10.6 Å². The van der Waals surface area contributed by atoms with Gasteiger partial charge in [-0.3, -0.25) is 4.79 Å². The highest BCUT2D eigenvalue weighted by Gasteiger charge is 2.54. The highest BCUT2D eigenvalue weighted by molar-refractivity contribution is 5.73. The van der Waals surface area contributed by atoms with Gasteiger partial charge in [0.05, 0.1) is 36.9 Å². The van der Waals surface area contributed by atoms with Gasteiger partial charge in [-0.1, -0.05) is 0 Å². The molecule has 3 heterocycles. The number of nitrogens with two attached hydrogens (primary N) is 3. The van der Waals surface area contributed by atoms with Crippen LogP contribution in [0.2, 0.25) is 0 Å². The highest BCUT2D eigenvalue weighted by Crippen LogP contribution is 2.35. The minimum atomic E-state index is -1.63. The van der Waals surface area contributed by atoms with Crippen molar-refractivity contribution in [1.82, 2.24) is 10.6 Å².